The predicted molar refractivity (Wildman–Crippen MR) is 115 cm³/mol. The maximum Gasteiger partial charge on any atom is 0.230 e. The Labute approximate surface area is 178 Å². The number of halogens is 2. The van der Waals surface area contributed by atoms with Crippen LogP contribution in [0.3, 0.4) is 0 Å². The lowest BCUT2D eigenvalue weighted by Crippen LogP contribution is -2.25. The van der Waals surface area contributed by atoms with Crippen molar-refractivity contribution in [3.05, 3.63) is 62.5 Å². The maximum atomic E-state index is 12.6. The van der Waals surface area contributed by atoms with Gasteiger partial charge in [0.1, 0.15) is 0 Å². The zero-order valence-electron chi connectivity index (χ0n) is 16.3. The summed E-state index contributed by atoms with van der Waals surface area (Å²) in [6.07, 6.45) is 1.86. The van der Waals surface area contributed by atoms with E-state index in [1.165, 1.54) is 5.56 Å². The number of amides is 1. The van der Waals surface area contributed by atoms with Crippen LogP contribution in [0.2, 0.25) is 5.02 Å². The molecule has 2 heterocycles. The number of hydrogen-bond donors (Lipinski definition) is 1. The molecule has 0 spiro atoms. The van der Waals surface area contributed by atoms with Gasteiger partial charge in [-0.3, -0.25) is 14.2 Å². The molecule has 3 aromatic rings. The van der Waals surface area contributed by atoms with Gasteiger partial charge in [-0.25, -0.2) is 0 Å². The zero-order chi connectivity index (χ0) is 20.4. The second-order valence-corrected chi connectivity index (χ2v) is 8.30. The molecule has 0 aliphatic heterocycles. The number of carbonyl (C=O) groups excluding carboxylic acids is 1. The Balaban J connectivity index is 1.65. The highest BCUT2D eigenvalue weighted by Crippen LogP contribution is 2.23. The molecule has 1 N–H and O–H groups in total. The van der Waals surface area contributed by atoms with Gasteiger partial charge in [0.25, 0.3) is 0 Å². The van der Waals surface area contributed by atoms with Crippen molar-refractivity contribution in [3.8, 4) is 0 Å². The van der Waals surface area contributed by atoms with Gasteiger partial charge in [-0.15, -0.1) is 0 Å². The molecule has 1 aromatic carbocycles. The summed E-state index contributed by atoms with van der Waals surface area (Å²) in [4.78, 5) is 12.6. The second kappa shape index (κ2) is 8.49. The van der Waals surface area contributed by atoms with Gasteiger partial charge in [0, 0.05) is 6.20 Å². The first-order valence-corrected chi connectivity index (χ1v) is 10.2. The summed E-state index contributed by atoms with van der Waals surface area (Å²) in [7, 11) is 0. The second-order valence-electron chi connectivity index (χ2n) is 7.07. The molecule has 0 aliphatic rings. The Morgan fingerprint density at radius 1 is 1.21 bits per heavy atom. The van der Waals surface area contributed by atoms with Crippen LogP contribution in [0.15, 0.2) is 34.9 Å². The molecule has 148 valence electrons. The normalized spacial score (nSPS) is 12.2. The van der Waals surface area contributed by atoms with Gasteiger partial charge in [0.15, 0.2) is 5.82 Å². The fraction of sp³-hybridized carbons (Fsp3) is 0.350. The van der Waals surface area contributed by atoms with Gasteiger partial charge in [-0.2, -0.15) is 10.2 Å². The van der Waals surface area contributed by atoms with E-state index in [2.05, 4.69) is 62.6 Å². The fourth-order valence-electron chi connectivity index (χ4n) is 2.88. The van der Waals surface area contributed by atoms with E-state index >= 15 is 0 Å². The highest BCUT2D eigenvalue weighted by Gasteiger charge is 2.19. The topological polar surface area (TPSA) is 64.7 Å². The molecule has 2 aromatic heterocycles. The number of aromatic nitrogens is 4. The van der Waals surface area contributed by atoms with E-state index in [0.29, 0.717) is 23.9 Å². The minimum atomic E-state index is -0.289. The quantitative estimate of drug-likeness (QED) is 0.573. The molecule has 6 nitrogen and oxygen atoms in total. The average molecular weight is 465 g/mol. The molecule has 0 saturated heterocycles. The van der Waals surface area contributed by atoms with Crippen molar-refractivity contribution in [2.45, 2.75) is 40.8 Å². The number of nitrogens with one attached hydrogen (secondary N) is 1. The van der Waals surface area contributed by atoms with Gasteiger partial charge >= 0.3 is 0 Å². The summed E-state index contributed by atoms with van der Waals surface area (Å²) in [6.45, 7) is 8.76. The Bertz CT molecular complexity index is 993. The number of benzene rings is 1. The monoisotopic (exact) mass is 463 g/mol. The van der Waals surface area contributed by atoms with E-state index in [1.54, 1.807) is 9.36 Å². The minimum Gasteiger partial charge on any atom is -0.308 e. The smallest absolute Gasteiger partial charge is 0.230 e. The molecule has 0 radical (unpaired) electrons. The highest BCUT2D eigenvalue weighted by molar-refractivity contribution is 9.10. The molecule has 1 atom stereocenters. The molecular weight excluding hydrogens is 442 g/mol. The van der Waals surface area contributed by atoms with Crippen LogP contribution in [0.5, 0.6) is 0 Å². The van der Waals surface area contributed by atoms with Crippen LogP contribution < -0.4 is 5.32 Å². The largest absolute Gasteiger partial charge is 0.308 e. The van der Waals surface area contributed by atoms with Gasteiger partial charge in [-0.1, -0.05) is 48.4 Å². The van der Waals surface area contributed by atoms with E-state index in [0.717, 1.165) is 21.4 Å². The van der Waals surface area contributed by atoms with E-state index in [4.69, 9.17) is 11.6 Å². The number of aryl methyl sites for hydroxylation is 2. The maximum absolute atomic E-state index is 12.6. The molecule has 1 unspecified atom stereocenters. The molecule has 0 aliphatic carbocycles. The van der Waals surface area contributed by atoms with Gasteiger partial charge in [0.2, 0.25) is 5.91 Å². The molecule has 0 bridgehead atoms. The first kappa shape index (κ1) is 20.6. The number of anilines is 1. The van der Waals surface area contributed by atoms with E-state index in [9.17, 15) is 4.79 Å². The van der Waals surface area contributed by atoms with Crippen LogP contribution >= 0.6 is 27.5 Å². The van der Waals surface area contributed by atoms with Crippen LogP contribution in [0.1, 0.15) is 29.4 Å². The van der Waals surface area contributed by atoms with Crippen LogP contribution in [0.25, 0.3) is 0 Å². The standard InChI is InChI=1S/C20H23BrClN5O/c1-12-5-7-16(8-6-12)10-26-11-17(21)19(25-26)23-20(28)13(2)9-27-15(4)18(22)14(3)24-27/h5-8,11,13H,9-10H2,1-4H3,(H,23,25,28). The van der Waals surface area contributed by atoms with Crippen molar-refractivity contribution in [1.82, 2.24) is 19.6 Å². The number of carbonyl (C=O) groups is 1. The predicted octanol–water partition coefficient (Wildman–Crippen LogP) is 4.74. The molecule has 0 fully saturated rings. The Morgan fingerprint density at radius 3 is 2.50 bits per heavy atom. The van der Waals surface area contributed by atoms with Gasteiger partial charge < -0.3 is 5.32 Å². The first-order chi connectivity index (χ1) is 13.2. The first-order valence-electron chi connectivity index (χ1n) is 9.03. The molecular formula is C20H23BrClN5O. The summed E-state index contributed by atoms with van der Waals surface area (Å²) in [5.41, 5.74) is 4.00. The third kappa shape index (κ3) is 4.64. The Hall–Kier alpha value is -2.12. The third-order valence-electron chi connectivity index (χ3n) is 4.61. The average Bonchev–Trinajstić information content (AvgIpc) is 3.11. The lowest BCUT2D eigenvalue weighted by molar-refractivity contribution is -0.119. The van der Waals surface area contributed by atoms with Gasteiger partial charge in [0.05, 0.1) is 39.9 Å². The van der Waals surface area contributed by atoms with E-state index in [-0.39, 0.29) is 11.8 Å². The molecule has 3 rings (SSSR count). The third-order valence-corrected chi connectivity index (χ3v) is 5.74. The summed E-state index contributed by atoms with van der Waals surface area (Å²) in [6, 6.07) is 8.29. The summed E-state index contributed by atoms with van der Waals surface area (Å²) >= 11 is 9.66. The van der Waals surface area contributed by atoms with Crippen LogP contribution in [-0.4, -0.2) is 25.5 Å². The van der Waals surface area contributed by atoms with Crippen LogP contribution in [0.4, 0.5) is 5.82 Å². The van der Waals surface area contributed by atoms with Gasteiger partial charge in [-0.05, 0) is 42.3 Å². The number of nitrogens with zero attached hydrogens (tertiary/aromatic N) is 4. The van der Waals surface area contributed by atoms with Crippen molar-refractivity contribution in [1.29, 1.82) is 0 Å². The van der Waals surface area contributed by atoms with Crippen molar-refractivity contribution in [2.24, 2.45) is 5.92 Å². The van der Waals surface area contributed by atoms with E-state index in [1.807, 2.05) is 27.0 Å². The Morgan fingerprint density at radius 2 is 1.89 bits per heavy atom. The molecule has 0 saturated carbocycles. The summed E-state index contributed by atoms with van der Waals surface area (Å²) in [5.74, 6) is 0.100. The number of hydrogen-bond acceptors (Lipinski definition) is 3. The molecule has 1 amide bonds. The minimum absolute atomic E-state index is 0.120. The van der Waals surface area contributed by atoms with Crippen molar-refractivity contribution in [2.75, 3.05) is 5.32 Å². The summed E-state index contributed by atoms with van der Waals surface area (Å²) in [5, 5.41) is 12.4. The van der Waals surface area contributed by atoms with Crippen molar-refractivity contribution in [3.63, 3.8) is 0 Å². The lowest BCUT2D eigenvalue weighted by Gasteiger charge is -2.12. The fourth-order valence-corrected chi connectivity index (χ4v) is 3.43. The molecule has 8 heteroatoms. The van der Waals surface area contributed by atoms with Crippen molar-refractivity contribution >= 4 is 39.3 Å². The number of rotatable bonds is 6. The Kier molecular flexibility index (Phi) is 6.25. The van der Waals surface area contributed by atoms with Crippen LogP contribution in [-0.2, 0) is 17.9 Å². The zero-order valence-corrected chi connectivity index (χ0v) is 18.7. The van der Waals surface area contributed by atoms with Crippen LogP contribution in [0, 0.1) is 26.7 Å². The van der Waals surface area contributed by atoms with Crippen molar-refractivity contribution < 1.29 is 4.79 Å². The lowest BCUT2D eigenvalue weighted by atomic mass is 10.1. The highest BCUT2D eigenvalue weighted by atomic mass is 79.9. The summed E-state index contributed by atoms with van der Waals surface area (Å²) < 4.78 is 4.32. The molecule has 28 heavy (non-hydrogen) atoms. The van der Waals surface area contributed by atoms with E-state index < -0.39 is 0 Å². The SMILES string of the molecule is Cc1ccc(Cn2cc(Br)c(NC(=O)C(C)Cn3nc(C)c(Cl)c3C)n2)cc1.